The maximum Gasteiger partial charge on any atom is 0.0850 e. The molecule has 1 heterocycles. The van der Waals surface area contributed by atoms with Gasteiger partial charge in [-0.15, -0.1) is 0 Å². The third-order valence-electron chi connectivity index (χ3n) is 2.17. The van der Waals surface area contributed by atoms with Crippen molar-refractivity contribution in [2.75, 3.05) is 12.9 Å². The summed E-state index contributed by atoms with van der Waals surface area (Å²) in [6.45, 7) is 0.951. The fourth-order valence-corrected chi connectivity index (χ4v) is 1.97. The molecule has 2 heteroatoms. The average molecular weight is 194 g/mol. The smallest absolute Gasteiger partial charge is 0.0850 e. The first-order valence-electron chi connectivity index (χ1n) is 4.57. The van der Waals surface area contributed by atoms with E-state index in [0.29, 0.717) is 6.10 Å². The minimum absolute atomic E-state index is 0.504. The van der Waals surface area contributed by atoms with Crippen LogP contribution in [0, 0.1) is 0 Å². The van der Waals surface area contributed by atoms with Crippen molar-refractivity contribution in [2.45, 2.75) is 18.3 Å². The lowest BCUT2D eigenvalue weighted by molar-refractivity contribution is 0.407. The summed E-state index contributed by atoms with van der Waals surface area (Å²) in [7, 11) is 0. The summed E-state index contributed by atoms with van der Waals surface area (Å²) >= 11 is 1.87. The molecule has 1 aliphatic rings. The molecule has 1 fully saturated rings. The SMILES string of the molecule is CSCc1cccc(CC2CO2)c1. The van der Waals surface area contributed by atoms with Crippen LogP contribution in [-0.4, -0.2) is 19.0 Å². The van der Waals surface area contributed by atoms with Gasteiger partial charge < -0.3 is 4.74 Å². The number of epoxide rings is 1. The predicted molar refractivity (Wildman–Crippen MR) is 57.1 cm³/mol. The first-order chi connectivity index (χ1) is 6.38. The summed E-state index contributed by atoms with van der Waals surface area (Å²) in [5.41, 5.74) is 2.83. The number of benzene rings is 1. The number of rotatable bonds is 4. The van der Waals surface area contributed by atoms with E-state index in [4.69, 9.17) is 4.74 Å². The van der Waals surface area contributed by atoms with Gasteiger partial charge in [0.25, 0.3) is 0 Å². The standard InChI is InChI=1S/C11H14OS/c1-13-8-10-4-2-3-9(5-10)6-11-7-12-11/h2-5,11H,6-8H2,1H3. The molecule has 1 saturated heterocycles. The highest BCUT2D eigenvalue weighted by Crippen LogP contribution is 2.18. The molecule has 1 aromatic rings. The minimum Gasteiger partial charge on any atom is -0.373 e. The average Bonchev–Trinajstić information content (AvgIpc) is 2.90. The van der Waals surface area contributed by atoms with E-state index in [9.17, 15) is 0 Å². The number of hydrogen-bond acceptors (Lipinski definition) is 2. The molecule has 1 atom stereocenters. The van der Waals surface area contributed by atoms with Crippen molar-refractivity contribution in [1.29, 1.82) is 0 Å². The molecule has 1 aromatic carbocycles. The van der Waals surface area contributed by atoms with Gasteiger partial charge in [0, 0.05) is 12.2 Å². The quantitative estimate of drug-likeness (QED) is 0.683. The molecular weight excluding hydrogens is 180 g/mol. The molecule has 0 amide bonds. The van der Waals surface area contributed by atoms with Gasteiger partial charge in [-0.05, 0) is 17.4 Å². The normalized spacial score (nSPS) is 20.2. The maximum atomic E-state index is 5.21. The Bertz CT molecular complexity index is 281. The molecule has 13 heavy (non-hydrogen) atoms. The Morgan fingerprint density at radius 2 is 2.23 bits per heavy atom. The molecular formula is C11H14OS. The summed E-state index contributed by atoms with van der Waals surface area (Å²) < 4.78 is 5.21. The molecule has 1 nitrogen and oxygen atoms in total. The predicted octanol–water partition coefficient (Wildman–Crippen LogP) is 2.49. The fourth-order valence-electron chi connectivity index (χ4n) is 1.46. The van der Waals surface area contributed by atoms with Crippen LogP contribution < -0.4 is 0 Å². The van der Waals surface area contributed by atoms with Crippen molar-refractivity contribution in [3.8, 4) is 0 Å². The van der Waals surface area contributed by atoms with Crippen LogP contribution in [0.1, 0.15) is 11.1 Å². The Morgan fingerprint density at radius 3 is 2.92 bits per heavy atom. The van der Waals surface area contributed by atoms with Crippen molar-refractivity contribution in [2.24, 2.45) is 0 Å². The molecule has 0 aliphatic carbocycles. The first-order valence-corrected chi connectivity index (χ1v) is 5.96. The summed E-state index contributed by atoms with van der Waals surface area (Å²) in [5.74, 6) is 1.11. The second-order valence-corrected chi connectivity index (χ2v) is 4.28. The van der Waals surface area contributed by atoms with E-state index in [2.05, 4.69) is 30.5 Å². The monoisotopic (exact) mass is 194 g/mol. The highest BCUT2D eigenvalue weighted by atomic mass is 32.2. The van der Waals surface area contributed by atoms with Crippen molar-refractivity contribution < 1.29 is 4.74 Å². The largest absolute Gasteiger partial charge is 0.373 e. The minimum atomic E-state index is 0.504. The van der Waals surface area contributed by atoms with E-state index in [1.54, 1.807) is 0 Å². The van der Waals surface area contributed by atoms with E-state index < -0.39 is 0 Å². The highest BCUT2D eigenvalue weighted by molar-refractivity contribution is 7.97. The van der Waals surface area contributed by atoms with E-state index in [1.807, 2.05) is 11.8 Å². The van der Waals surface area contributed by atoms with Crippen LogP contribution in [-0.2, 0) is 16.9 Å². The van der Waals surface area contributed by atoms with Gasteiger partial charge >= 0.3 is 0 Å². The Balaban J connectivity index is 2.02. The molecule has 0 aromatic heterocycles. The van der Waals surface area contributed by atoms with E-state index in [0.717, 1.165) is 18.8 Å². The summed E-state index contributed by atoms with van der Waals surface area (Å²) in [6.07, 6.45) is 3.73. The van der Waals surface area contributed by atoms with Gasteiger partial charge in [0.1, 0.15) is 0 Å². The van der Waals surface area contributed by atoms with Gasteiger partial charge in [-0.2, -0.15) is 11.8 Å². The van der Waals surface area contributed by atoms with Gasteiger partial charge in [0.15, 0.2) is 0 Å². The lowest BCUT2D eigenvalue weighted by Gasteiger charge is -2.01. The van der Waals surface area contributed by atoms with Crippen LogP contribution >= 0.6 is 11.8 Å². The van der Waals surface area contributed by atoms with Crippen LogP contribution in [0.5, 0.6) is 0 Å². The van der Waals surface area contributed by atoms with Crippen molar-refractivity contribution in [3.63, 3.8) is 0 Å². The Hall–Kier alpha value is -0.470. The van der Waals surface area contributed by atoms with Crippen LogP contribution in [0.3, 0.4) is 0 Å². The van der Waals surface area contributed by atoms with Gasteiger partial charge in [-0.3, -0.25) is 0 Å². The van der Waals surface area contributed by atoms with E-state index >= 15 is 0 Å². The molecule has 70 valence electrons. The Morgan fingerprint density at radius 1 is 1.46 bits per heavy atom. The van der Waals surface area contributed by atoms with Crippen molar-refractivity contribution in [1.82, 2.24) is 0 Å². The molecule has 1 unspecified atom stereocenters. The Labute approximate surface area is 83.5 Å². The summed E-state index contributed by atoms with van der Waals surface area (Å²) in [4.78, 5) is 0. The maximum absolute atomic E-state index is 5.21. The van der Waals surface area contributed by atoms with Gasteiger partial charge in [0.05, 0.1) is 12.7 Å². The molecule has 0 spiro atoms. The van der Waals surface area contributed by atoms with Crippen molar-refractivity contribution >= 4 is 11.8 Å². The molecule has 1 aliphatic heterocycles. The van der Waals surface area contributed by atoms with Gasteiger partial charge in [-0.1, -0.05) is 24.3 Å². The molecule has 0 N–H and O–H groups in total. The zero-order valence-corrected chi connectivity index (χ0v) is 8.64. The summed E-state index contributed by atoms with van der Waals surface area (Å²) in [5, 5.41) is 0. The van der Waals surface area contributed by atoms with Gasteiger partial charge in [0.2, 0.25) is 0 Å². The lowest BCUT2D eigenvalue weighted by Crippen LogP contribution is -1.93. The van der Waals surface area contributed by atoms with Crippen LogP contribution in [0.2, 0.25) is 0 Å². The molecule has 0 saturated carbocycles. The molecule has 0 radical (unpaired) electrons. The zero-order chi connectivity index (χ0) is 9.10. The fraction of sp³-hybridized carbons (Fsp3) is 0.455. The third kappa shape index (κ3) is 2.75. The van der Waals surface area contributed by atoms with Crippen LogP contribution in [0.25, 0.3) is 0 Å². The van der Waals surface area contributed by atoms with Crippen LogP contribution in [0.15, 0.2) is 24.3 Å². The number of hydrogen-bond donors (Lipinski definition) is 0. The third-order valence-corrected chi connectivity index (χ3v) is 2.79. The van der Waals surface area contributed by atoms with Crippen molar-refractivity contribution in [3.05, 3.63) is 35.4 Å². The van der Waals surface area contributed by atoms with E-state index in [1.165, 1.54) is 11.1 Å². The Kier molecular flexibility index (Phi) is 2.91. The topological polar surface area (TPSA) is 12.5 Å². The first kappa shape index (κ1) is 9.10. The lowest BCUT2D eigenvalue weighted by atomic mass is 10.1. The zero-order valence-electron chi connectivity index (χ0n) is 7.82. The second kappa shape index (κ2) is 4.16. The molecule has 2 rings (SSSR count). The number of ether oxygens (including phenoxy) is 1. The number of thioether (sulfide) groups is 1. The summed E-state index contributed by atoms with van der Waals surface area (Å²) in [6, 6.07) is 8.81. The van der Waals surface area contributed by atoms with Gasteiger partial charge in [-0.25, -0.2) is 0 Å². The van der Waals surface area contributed by atoms with E-state index in [-0.39, 0.29) is 0 Å². The molecule has 0 bridgehead atoms. The highest BCUT2D eigenvalue weighted by Gasteiger charge is 2.22. The van der Waals surface area contributed by atoms with Crippen LogP contribution in [0.4, 0.5) is 0 Å². The second-order valence-electron chi connectivity index (χ2n) is 3.41.